The predicted octanol–water partition coefficient (Wildman–Crippen LogP) is 3.09. The maximum absolute atomic E-state index is 12.6. The second kappa shape index (κ2) is 6.39. The molecule has 2 aromatic heterocycles. The van der Waals surface area contributed by atoms with Crippen LogP contribution in [0.15, 0.2) is 22.9 Å². The number of thiophene rings is 1. The molecule has 1 spiro atoms. The van der Waals surface area contributed by atoms with Crippen LogP contribution >= 0.6 is 11.3 Å². The van der Waals surface area contributed by atoms with Crippen molar-refractivity contribution in [1.82, 2.24) is 10.3 Å². The number of ether oxygens (including phenoxy) is 1. The molecule has 0 unspecified atom stereocenters. The second-order valence-corrected chi connectivity index (χ2v) is 8.51. The minimum absolute atomic E-state index is 0.0847. The smallest absolute Gasteiger partial charge is 0.297 e. The molecule has 2 aliphatic heterocycles. The standard InChI is InChI=1S/C19H23N3O3S/c23-17(21-14-2-1-3-14)15-12-13-4-10-25-19(16(13)26-15)5-8-22(9-6-19)18-20-7-11-24-18/h7,11-12,14H,1-6,8-10H2,(H,21,23). The summed E-state index contributed by atoms with van der Waals surface area (Å²) in [7, 11) is 0. The fraction of sp³-hybridized carbons (Fsp3) is 0.579. The van der Waals surface area contributed by atoms with Crippen LogP contribution in [0.4, 0.5) is 6.01 Å². The predicted molar refractivity (Wildman–Crippen MR) is 98.7 cm³/mol. The van der Waals surface area contributed by atoms with Crippen LogP contribution in [0, 0.1) is 0 Å². The molecule has 1 saturated carbocycles. The summed E-state index contributed by atoms with van der Waals surface area (Å²) in [5, 5.41) is 3.16. The Labute approximate surface area is 156 Å². The lowest BCUT2D eigenvalue weighted by Gasteiger charge is -2.43. The lowest BCUT2D eigenvalue weighted by Crippen LogP contribution is -2.46. The highest BCUT2D eigenvalue weighted by Crippen LogP contribution is 2.46. The van der Waals surface area contributed by atoms with Gasteiger partial charge in [0.15, 0.2) is 0 Å². The van der Waals surface area contributed by atoms with Crippen LogP contribution in [0.25, 0.3) is 0 Å². The SMILES string of the molecule is O=C(NC1CCC1)c1cc2c(s1)C1(CCN(c3ncco3)CC1)OCC2. The zero-order chi connectivity index (χ0) is 17.6. The molecule has 2 aromatic rings. The van der Waals surface area contributed by atoms with E-state index in [1.54, 1.807) is 23.8 Å². The third-order valence-corrected chi connectivity index (χ3v) is 7.26. The molecule has 26 heavy (non-hydrogen) atoms. The van der Waals surface area contributed by atoms with Crippen LogP contribution in [-0.4, -0.2) is 36.6 Å². The fourth-order valence-corrected chi connectivity index (χ4v) is 5.46. The Bertz CT molecular complexity index is 789. The van der Waals surface area contributed by atoms with Crippen LogP contribution in [-0.2, 0) is 16.8 Å². The molecule has 1 saturated heterocycles. The van der Waals surface area contributed by atoms with Gasteiger partial charge in [-0.3, -0.25) is 4.79 Å². The number of hydrogen-bond donors (Lipinski definition) is 1. The van der Waals surface area contributed by atoms with Crippen molar-refractivity contribution in [2.75, 3.05) is 24.6 Å². The van der Waals surface area contributed by atoms with Crippen LogP contribution < -0.4 is 10.2 Å². The van der Waals surface area contributed by atoms with Gasteiger partial charge >= 0.3 is 0 Å². The number of hydrogen-bond acceptors (Lipinski definition) is 6. The van der Waals surface area contributed by atoms with Crippen molar-refractivity contribution < 1.29 is 13.9 Å². The van der Waals surface area contributed by atoms with E-state index in [1.165, 1.54) is 16.9 Å². The molecule has 0 radical (unpaired) electrons. The Morgan fingerprint density at radius 2 is 2.19 bits per heavy atom. The monoisotopic (exact) mass is 373 g/mol. The first-order valence-corrected chi connectivity index (χ1v) is 10.3. The number of carbonyl (C=O) groups is 1. The van der Waals surface area contributed by atoms with E-state index in [0.717, 1.165) is 56.7 Å². The van der Waals surface area contributed by atoms with E-state index >= 15 is 0 Å². The van der Waals surface area contributed by atoms with E-state index in [9.17, 15) is 4.79 Å². The highest BCUT2D eigenvalue weighted by atomic mass is 32.1. The molecule has 3 aliphatic rings. The normalized spacial score (nSPS) is 22.1. The van der Waals surface area contributed by atoms with Crippen molar-refractivity contribution in [3.8, 4) is 0 Å². The lowest BCUT2D eigenvalue weighted by molar-refractivity contribution is -0.0738. The first-order chi connectivity index (χ1) is 12.7. The van der Waals surface area contributed by atoms with Crippen molar-refractivity contribution in [3.63, 3.8) is 0 Å². The molecule has 7 heteroatoms. The molecule has 2 fully saturated rings. The van der Waals surface area contributed by atoms with Crippen molar-refractivity contribution in [2.24, 2.45) is 0 Å². The van der Waals surface area contributed by atoms with Gasteiger partial charge in [-0.25, -0.2) is 4.98 Å². The molecule has 5 rings (SSSR count). The molecule has 1 aliphatic carbocycles. The van der Waals surface area contributed by atoms with Gasteiger partial charge in [-0.15, -0.1) is 11.3 Å². The molecular formula is C19H23N3O3S. The van der Waals surface area contributed by atoms with E-state index in [-0.39, 0.29) is 11.5 Å². The van der Waals surface area contributed by atoms with Gasteiger partial charge in [0.2, 0.25) is 0 Å². The van der Waals surface area contributed by atoms with Gasteiger partial charge in [0, 0.05) is 24.0 Å². The molecule has 1 amide bonds. The average molecular weight is 373 g/mol. The quantitative estimate of drug-likeness (QED) is 0.895. The van der Waals surface area contributed by atoms with E-state index in [0.29, 0.717) is 12.1 Å². The maximum atomic E-state index is 12.6. The molecule has 0 aromatic carbocycles. The van der Waals surface area contributed by atoms with Crippen LogP contribution in [0.5, 0.6) is 0 Å². The number of carbonyl (C=O) groups excluding carboxylic acids is 1. The summed E-state index contributed by atoms with van der Waals surface area (Å²) in [6.45, 7) is 2.43. The van der Waals surface area contributed by atoms with Crippen LogP contribution in [0.2, 0.25) is 0 Å². The van der Waals surface area contributed by atoms with E-state index in [4.69, 9.17) is 9.15 Å². The van der Waals surface area contributed by atoms with Gasteiger partial charge in [-0.1, -0.05) is 0 Å². The number of nitrogens with one attached hydrogen (secondary N) is 1. The largest absolute Gasteiger partial charge is 0.432 e. The van der Waals surface area contributed by atoms with Gasteiger partial charge < -0.3 is 19.4 Å². The Morgan fingerprint density at radius 1 is 1.35 bits per heavy atom. The number of nitrogens with zero attached hydrogens (tertiary/aromatic N) is 2. The Balaban J connectivity index is 1.35. The van der Waals surface area contributed by atoms with Crippen LogP contribution in [0.1, 0.15) is 52.2 Å². The van der Waals surface area contributed by atoms with Crippen molar-refractivity contribution in [3.05, 3.63) is 33.8 Å². The average Bonchev–Trinajstić information content (AvgIpc) is 3.29. The lowest BCUT2D eigenvalue weighted by atomic mass is 9.85. The van der Waals surface area contributed by atoms with E-state index in [1.807, 2.05) is 0 Å². The molecule has 0 atom stereocenters. The summed E-state index contributed by atoms with van der Waals surface area (Å²) in [6.07, 6.45) is 9.43. The Morgan fingerprint density at radius 3 is 2.88 bits per heavy atom. The number of aromatic nitrogens is 1. The van der Waals surface area contributed by atoms with Gasteiger partial charge in [0.25, 0.3) is 11.9 Å². The number of rotatable bonds is 3. The third kappa shape index (κ3) is 2.74. The minimum Gasteiger partial charge on any atom is -0.432 e. The number of oxazole rings is 1. The first kappa shape index (κ1) is 16.3. The van der Waals surface area contributed by atoms with E-state index < -0.39 is 0 Å². The van der Waals surface area contributed by atoms with E-state index in [2.05, 4.69) is 21.3 Å². The maximum Gasteiger partial charge on any atom is 0.297 e. The zero-order valence-corrected chi connectivity index (χ0v) is 15.5. The van der Waals surface area contributed by atoms with Gasteiger partial charge in [-0.2, -0.15) is 0 Å². The van der Waals surface area contributed by atoms with Gasteiger partial charge in [0.1, 0.15) is 11.9 Å². The molecule has 138 valence electrons. The second-order valence-electron chi connectivity index (χ2n) is 7.46. The number of fused-ring (bicyclic) bond motifs is 2. The third-order valence-electron chi connectivity index (χ3n) is 5.90. The molecule has 4 heterocycles. The summed E-state index contributed by atoms with van der Waals surface area (Å²) in [5.74, 6) is 0.0847. The summed E-state index contributed by atoms with van der Waals surface area (Å²) in [4.78, 5) is 21.1. The highest BCUT2D eigenvalue weighted by molar-refractivity contribution is 7.14. The molecular weight excluding hydrogens is 350 g/mol. The first-order valence-electron chi connectivity index (χ1n) is 9.46. The Hall–Kier alpha value is -1.86. The summed E-state index contributed by atoms with van der Waals surface area (Å²) in [6, 6.07) is 3.15. The van der Waals surface area contributed by atoms with Crippen molar-refractivity contribution in [1.29, 1.82) is 0 Å². The highest BCUT2D eigenvalue weighted by Gasteiger charge is 2.43. The van der Waals surface area contributed by atoms with Crippen molar-refractivity contribution in [2.45, 2.75) is 50.2 Å². The fourth-order valence-electron chi connectivity index (χ4n) is 4.15. The molecule has 1 N–H and O–H groups in total. The molecule has 6 nitrogen and oxygen atoms in total. The summed E-state index contributed by atoms with van der Waals surface area (Å²) >= 11 is 1.63. The summed E-state index contributed by atoms with van der Waals surface area (Å²) < 4.78 is 11.7. The van der Waals surface area contributed by atoms with Gasteiger partial charge in [-0.05, 0) is 50.2 Å². The number of piperidine rings is 1. The number of amides is 1. The summed E-state index contributed by atoms with van der Waals surface area (Å²) in [5.41, 5.74) is 1.04. The number of anilines is 1. The topological polar surface area (TPSA) is 67.6 Å². The minimum atomic E-state index is -0.254. The zero-order valence-electron chi connectivity index (χ0n) is 14.7. The Kier molecular flexibility index (Phi) is 4.01. The van der Waals surface area contributed by atoms with Crippen LogP contribution in [0.3, 0.4) is 0 Å². The van der Waals surface area contributed by atoms with Gasteiger partial charge in [0.05, 0.1) is 17.7 Å². The molecule has 0 bridgehead atoms. The van der Waals surface area contributed by atoms with Crippen molar-refractivity contribution >= 4 is 23.3 Å².